The average molecular weight is 290 g/mol. The van der Waals surface area contributed by atoms with Crippen molar-refractivity contribution < 1.29 is 9.53 Å². The predicted molar refractivity (Wildman–Crippen MR) is 85.5 cm³/mol. The van der Waals surface area contributed by atoms with Crippen molar-refractivity contribution in [3.63, 3.8) is 0 Å². The molecule has 1 saturated carbocycles. The standard InChI is InChI=1S/C17H26N2O2/c1-11(2)13-6-4-5-7-16(13)19-17(20)14-9-8-12(21-3)10-15(14)18/h8-11,13,16H,4-7,18H2,1-3H3,(H,19,20). The van der Waals surface area contributed by atoms with Gasteiger partial charge >= 0.3 is 0 Å². The molecule has 1 fully saturated rings. The molecule has 0 bridgehead atoms. The van der Waals surface area contributed by atoms with E-state index in [0.717, 1.165) is 6.42 Å². The molecule has 1 aliphatic rings. The fourth-order valence-corrected chi connectivity index (χ4v) is 3.26. The van der Waals surface area contributed by atoms with Crippen LogP contribution in [0.15, 0.2) is 18.2 Å². The van der Waals surface area contributed by atoms with E-state index in [-0.39, 0.29) is 11.9 Å². The van der Waals surface area contributed by atoms with E-state index in [1.54, 1.807) is 25.3 Å². The number of anilines is 1. The van der Waals surface area contributed by atoms with E-state index in [1.165, 1.54) is 19.3 Å². The summed E-state index contributed by atoms with van der Waals surface area (Å²) in [7, 11) is 1.59. The minimum Gasteiger partial charge on any atom is -0.497 e. The van der Waals surface area contributed by atoms with Crippen LogP contribution in [0.2, 0.25) is 0 Å². The fraction of sp³-hybridized carbons (Fsp3) is 0.588. The van der Waals surface area contributed by atoms with Crippen molar-refractivity contribution >= 4 is 11.6 Å². The predicted octanol–water partition coefficient (Wildman–Crippen LogP) is 3.22. The molecule has 0 aromatic heterocycles. The van der Waals surface area contributed by atoms with Crippen molar-refractivity contribution in [1.29, 1.82) is 0 Å². The van der Waals surface area contributed by atoms with Gasteiger partial charge in [-0.1, -0.05) is 26.7 Å². The highest BCUT2D eigenvalue weighted by Gasteiger charge is 2.29. The van der Waals surface area contributed by atoms with Crippen LogP contribution in [0.4, 0.5) is 5.69 Å². The van der Waals surface area contributed by atoms with Gasteiger partial charge < -0.3 is 15.8 Å². The number of carbonyl (C=O) groups is 1. The molecule has 0 radical (unpaired) electrons. The van der Waals surface area contributed by atoms with E-state index in [4.69, 9.17) is 10.5 Å². The second-order valence-electron chi connectivity index (χ2n) is 6.23. The molecule has 1 aromatic carbocycles. The summed E-state index contributed by atoms with van der Waals surface area (Å²) < 4.78 is 5.12. The number of amides is 1. The average Bonchev–Trinajstić information content (AvgIpc) is 2.47. The van der Waals surface area contributed by atoms with E-state index in [2.05, 4.69) is 19.2 Å². The molecule has 116 valence electrons. The molecule has 1 aromatic rings. The van der Waals surface area contributed by atoms with Crippen LogP contribution in [0.25, 0.3) is 0 Å². The SMILES string of the molecule is COc1ccc(C(=O)NC2CCCCC2C(C)C)c(N)c1. The maximum Gasteiger partial charge on any atom is 0.253 e. The molecule has 0 spiro atoms. The molecule has 4 heteroatoms. The molecule has 1 amide bonds. The lowest BCUT2D eigenvalue weighted by Crippen LogP contribution is -2.44. The molecule has 0 aliphatic heterocycles. The third kappa shape index (κ3) is 3.69. The Morgan fingerprint density at radius 2 is 2.05 bits per heavy atom. The molecule has 0 saturated heterocycles. The van der Waals surface area contributed by atoms with E-state index in [0.29, 0.717) is 28.8 Å². The number of nitrogen functional groups attached to an aromatic ring is 1. The Kier molecular flexibility index (Phi) is 5.10. The highest BCUT2D eigenvalue weighted by atomic mass is 16.5. The number of methoxy groups -OCH3 is 1. The van der Waals surface area contributed by atoms with Crippen LogP contribution in [0.1, 0.15) is 49.9 Å². The maximum atomic E-state index is 12.5. The second-order valence-corrected chi connectivity index (χ2v) is 6.23. The summed E-state index contributed by atoms with van der Waals surface area (Å²) in [6, 6.07) is 5.45. The lowest BCUT2D eigenvalue weighted by molar-refractivity contribution is 0.0890. The quantitative estimate of drug-likeness (QED) is 0.837. The van der Waals surface area contributed by atoms with Crippen molar-refractivity contribution in [2.75, 3.05) is 12.8 Å². The zero-order valence-electron chi connectivity index (χ0n) is 13.2. The Labute approximate surface area is 127 Å². The van der Waals surface area contributed by atoms with Gasteiger partial charge in [-0.15, -0.1) is 0 Å². The van der Waals surface area contributed by atoms with Crippen LogP contribution in [0, 0.1) is 11.8 Å². The van der Waals surface area contributed by atoms with Gasteiger partial charge in [-0.2, -0.15) is 0 Å². The monoisotopic (exact) mass is 290 g/mol. The lowest BCUT2D eigenvalue weighted by Gasteiger charge is -2.35. The first kappa shape index (κ1) is 15.7. The van der Waals surface area contributed by atoms with Crippen LogP contribution >= 0.6 is 0 Å². The molecule has 2 atom stereocenters. The van der Waals surface area contributed by atoms with Crippen LogP contribution in [0.5, 0.6) is 5.75 Å². The van der Waals surface area contributed by atoms with E-state index < -0.39 is 0 Å². The number of carbonyl (C=O) groups excluding carboxylic acids is 1. The van der Waals surface area contributed by atoms with Gasteiger partial charge in [0, 0.05) is 17.8 Å². The van der Waals surface area contributed by atoms with E-state index >= 15 is 0 Å². The van der Waals surface area contributed by atoms with Gasteiger partial charge in [-0.3, -0.25) is 4.79 Å². The van der Waals surface area contributed by atoms with Crippen LogP contribution in [0.3, 0.4) is 0 Å². The number of ether oxygens (including phenoxy) is 1. The fourth-order valence-electron chi connectivity index (χ4n) is 3.26. The summed E-state index contributed by atoms with van der Waals surface area (Å²) in [5, 5.41) is 3.19. The molecule has 2 rings (SSSR count). The normalized spacial score (nSPS) is 22.1. The molecule has 21 heavy (non-hydrogen) atoms. The summed E-state index contributed by atoms with van der Waals surface area (Å²) in [4.78, 5) is 12.5. The van der Waals surface area contributed by atoms with Gasteiger partial charge in [0.15, 0.2) is 0 Å². The zero-order chi connectivity index (χ0) is 15.4. The van der Waals surface area contributed by atoms with Gasteiger partial charge in [0.25, 0.3) is 5.91 Å². The Hall–Kier alpha value is -1.71. The maximum absolute atomic E-state index is 12.5. The molecule has 1 aliphatic carbocycles. The van der Waals surface area contributed by atoms with E-state index in [1.807, 2.05) is 0 Å². The first-order valence-electron chi connectivity index (χ1n) is 7.77. The van der Waals surface area contributed by atoms with Gasteiger partial charge in [0.1, 0.15) is 5.75 Å². The summed E-state index contributed by atoms with van der Waals surface area (Å²) in [6.45, 7) is 4.47. The van der Waals surface area contributed by atoms with Gasteiger partial charge in [0.2, 0.25) is 0 Å². The number of rotatable bonds is 4. The molecule has 3 N–H and O–H groups in total. The van der Waals surface area contributed by atoms with Gasteiger partial charge in [-0.25, -0.2) is 0 Å². The summed E-state index contributed by atoms with van der Waals surface area (Å²) in [6.07, 6.45) is 4.71. The van der Waals surface area contributed by atoms with Crippen LogP contribution in [-0.2, 0) is 0 Å². The second kappa shape index (κ2) is 6.83. The zero-order valence-corrected chi connectivity index (χ0v) is 13.2. The van der Waals surface area contributed by atoms with Crippen LogP contribution in [-0.4, -0.2) is 19.1 Å². The summed E-state index contributed by atoms with van der Waals surface area (Å²) >= 11 is 0. The minimum absolute atomic E-state index is 0.0762. The summed E-state index contributed by atoms with van der Waals surface area (Å²) in [5.74, 6) is 1.74. The third-order valence-corrected chi connectivity index (χ3v) is 4.50. The highest BCUT2D eigenvalue weighted by molar-refractivity contribution is 5.99. The van der Waals surface area contributed by atoms with Crippen molar-refractivity contribution in [3.8, 4) is 5.75 Å². The van der Waals surface area contributed by atoms with E-state index in [9.17, 15) is 4.79 Å². The minimum atomic E-state index is -0.0762. The Balaban J connectivity index is 2.09. The number of benzene rings is 1. The third-order valence-electron chi connectivity index (χ3n) is 4.50. The van der Waals surface area contributed by atoms with Crippen molar-refractivity contribution in [1.82, 2.24) is 5.32 Å². The lowest BCUT2D eigenvalue weighted by atomic mass is 9.78. The Morgan fingerprint density at radius 1 is 1.33 bits per heavy atom. The van der Waals surface area contributed by atoms with Crippen molar-refractivity contribution in [3.05, 3.63) is 23.8 Å². The summed E-state index contributed by atoms with van der Waals surface area (Å²) in [5.41, 5.74) is 6.95. The van der Waals surface area contributed by atoms with Gasteiger partial charge in [-0.05, 0) is 36.8 Å². The van der Waals surface area contributed by atoms with Gasteiger partial charge in [0.05, 0.1) is 12.7 Å². The smallest absolute Gasteiger partial charge is 0.253 e. The number of hydrogen-bond donors (Lipinski definition) is 2. The molecular formula is C17H26N2O2. The molecule has 2 unspecified atom stereocenters. The molecule has 4 nitrogen and oxygen atoms in total. The largest absolute Gasteiger partial charge is 0.497 e. The first-order chi connectivity index (χ1) is 10.0. The topological polar surface area (TPSA) is 64.3 Å². The number of nitrogens with one attached hydrogen (secondary N) is 1. The van der Waals surface area contributed by atoms with Crippen LogP contribution < -0.4 is 15.8 Å². The highest BCUT2D eigenvalue weighted by Crippen LogP contribution is 2.30. The number of nitrogens with two attached hydrogens (primary N) is 1. The van der Waals surface area contributed by atoms with Crippen molar-refractivity contribution in [2.24, 2.45) is 11.8 Å². The Bertz CT molecular complexity index is 500. The van der Waals surface area contributed by atoms with Crippen molar-refractivity contribution in [2.45, 2.75) is 45.6 Å². The molecular weight excluding hydrogens is 264 g/mol. The molecule has 0 heterocycles. The Morgan fingerprint density at radius 3 is 2.67 bits per heavy atom. The first-order valence-corrected chi connectivity index (χ1v) is 7.77. The number of hydrogen-bond acceptors (Lipinski definition) is 3.